The van der Waals surface area contributed by atoms with Gasteiger partial charge in [-0.2, -0.15) is 0 Å². The van der Waals surface area contributed by atoms with Crippen molar-refractivity contribution >= 4 is 17.3 Å². The lowest BCUT2D eigenvalue weighted by Gasteiger charge is -2.29. The highest BCUT2D eigenvalue weighted by Crippen LogP contribution is 2.24. The third kappa shape index (κ3) is 2.37. The molecule has 0 fully saturated rings. The zero-order valence-electron chi connectivity index (χ0n) is 9.01. The van der Waals surface area contributed by atoms with Gasteiger partial charge in [0.05, 0.1) is 6.04 Å². The fourth-order valence-electron chi connectivity index (χ4n) is 1.79. The van der Waals surface area contributed by atoms with Crippen LogP contribution in [-0.2, 0) is 0 Å². The first-order chi connectivity index (χ1) is 7.81. The monoisotopic (exact) mass is 231 g/mol. The lowest BCUT2D eigenvalue weighted by atomic mass is 10.1. The number of anilines is 1. The summed E-state index contributed by atoms with van der Waals surface area (Å²) in [7, 11) is 0. The zero-order chi connectivity index (χ0) is 11.4. The molecule has 0 bridgehead atoms. The van der Waals surface area contributed by atoms with E-state index in [0.29, 0.717) is 6.04 Å². The first kappa shape index (κ1) is 11.0. The summed E-state index contributed by atoms with van der Waals surface area (Å²) in [5.74, 6) is 0. The van der Waals surface area contributed by atoms with Crippen LogP contribution in [0.3, 0.4) is 0 Å². The Bertz CT molecular complexity index is 417. The van der Waals surface area contributed by atoms with Gasteiger partial charge >= 0.3 is 0 Å². The third-order valence-corrected chi connectivity index (χ3v) is 2.83. The van der Waals surface area contributed by atoms with Crippen molar-refractivity contribution in [2.24, 2.45) is 0 Å². The van der Waals surface area contributed by atoms with Crippen LogP contribution in [0.5, 0.6) is 0 Å². The number of rotatable bonds is 3. The van der Waals surface area contributed by atoms with E-state index in [1.165, 1.54) is 0 Å². The topological polar surface area (TPSA) is 3.24 Å². The summed E-state index contributed by atoms with van der Waals surface area (Å²) in [6.07, 6.45) is 11.2. The SMILES string of the molecule is C=CCC1C=CC=CN1c1ccc(Cl)cc1. The van der Waals surface area contributed by atoms with E-state index in [1.54, 1.807) is 0 Å². The molecule has 0 N–H and O–H groups in total. The minimum Gasteiger partial charge on any atom is -0.341 e. The van der Waals surface area contributed by atoms with Crippen LogP contribution in [0.4, 0.5) is 5.69 Å². The minimum atomic E-state index is 0.351. The van der Waals surface area contributed by atoms with Gasteiger partial charge in [0.25, 0.3) is 0 Å². The molecule has 2 rings (SSSR count). The molecule has 0 saturated heterocycles. The van der Waals surface area contributed by atoms with Crippen LogP contribution < -0.4 is 4.90 Å². The van der Waals surface area contributed by atoms with Crippen molar-refractivity contribution in [2.45, 2.75) is 12.5 Å². The number of benzene rings is 1. The summed E-state index contributed by atoms with van der Waals surface area (Å²) in [6, 6.07) is 8.23. The lowest BCUT2D eigenvalue weighted by Crippen LogP contribution is -2.29. The molecule has 1 aliphatic heterocycles. The molecule has 1 unspecified atom stereocenters. The molecule has 0 aliphatic carbocycles. The first-order valence-corrected chi connectivity index (χ1v) is 5.69. The van der Waals surface area contributed by atoms with E-state index in [9.17, 15) is 0 Å². The molecule has 1 aliphatic rings. The van der Waals surface area contributed by atoms with Crippen molar-refractivity contribution in [1.82, 2.24) is 0 Å². The average molecular weight is 232 g/mol. The van der Waals surface area contributed by atoms with Gasteiger partial charge in [-0.15, -0.1) is 6.58 Å². The highest BCUT2D eigenvalue weighted by molar-refractivity contribution is 6.30. The number of nitrogens with zero attached hydrogens (tertiary/aromatic N) is 1. The molecule has 0 spiro atoms. The molecule has 82 valence electrons. The second-order valence-electron chi connectivity index (χ2n) is 3.70. The Morgan fingerprint density at radius 2 is 2.00 bits per heavy atom. The largest absolute Gasteiger partial charge is 0.341 e. The average Bonchev–Trinajstić information content (AvgIpc) is 2.32. The maximum absolute atomic E-state index is 5.88. The fraction of sp³-hybridized carbons (Fsp3) is 0.143. The van der Waals surface area contributed by atoms with Gasteiger partial charge in [0, 0.05) is 16.9 Å². The first-order valence-electron chi connectivity index (χ1n) is 5.31. The van der Waals surface area contributed by atoms with E-state index in [-0.39, 0.29) is 0 Å². The van der Waals surface area contributed by atoms with Gasteiger partial charge in [-0.25, -0.2) is 0 Å². The Hall–Kier alpha value is -1.47. The Kier molecular flexibility index (Phi) is 3.47. The van der Waals surface area contributed by atoms with Gasteiger partial charge in [0.1, 0.15) is 0 Å². The quantitative estimate of drug-likeness (QED) is 0.706. The van der Waals surface area contributed by atoms with Gasteiger partial charge in [0.15, 0.2) is 0 Å². The summed E-state index contributed by atoms with van der Waals surface area (Å²) < 4.78 is 0. The second kappa shape index (κ2) is 5.04. The summed E-state index contributed by atoms with van der Waals surface area (Å²) in [5.41, 5.74) is 1.15. The number of halogens is 1. The van der Waals surface area contributed by atoms with Crippen LogP contribution >= 0.6 is 11.6 Å². The van der Waals surface area contributed by atoms with Gasteiger partial charge in [-0.3, -0.25) is 0 Å². The van der Waals surface area contributed by atoms with Crippen LogP contribution in [0, 0.1) is 0 Å². The van der Waals surface area contributed by atoms with Crippen LogP contribution in [0.2, 0.25) is 5.02 Å². The molecule has 1 heterocycles. The molecule has 1 atom stereocenters. The lowest BCUT2D eigenvalue weighted by molar-refractivity contribution is 0.780. The summed E-state index contributed by atoms with van der Waals surface area (Å²) in [4.78, 5) is 2.22. The predicted octanol–water partition coefficient (Wildman–Crippen LogP) is 4.17. The Morgan fingerprint density at radius 1 is 1.25 bits per heavy atom. The highest BCUT2D eigenvalue weighted by Gasteiger charge is 2.14. The smallest absolute Gasteiger partial charge is 0.0553 e. The van der Waals surface area contributed by atoms with Crippen molar-refractivity contribution in [3.63, 3.8) is 0 Å². The molecule has 1 aromatic rings. The maximum Gasteiger partial charge on any atom is 0.0553 e. The van der Waals surface area contributed by atoms with Crippen molar-refractivity contribution in [3.8, 4) is 0 Å². The van der Waals surface area contributed by atoms with E-state index in [4.69, 9.17) is 11.6 Å². The molecule has 0 radical (unpaired) electrons. The predicted molar refractivity (Wildman–Crippen MR) is 70.8 cm³/mol. The summed E-state index contributed by atoms with van der Waals surface area (Å²) in [5, 5.41) is 0.764. The standard InChI is InChI=1S/C14H14ClN/c1-2-5-13-6-3-4-11-16(13)14-9-7-12(15)8-10-14/h2-4,6-11,13H,1,5H2. The van der Waals surface area contributed by atoms with Crippen LogP contribution in [0.15, 0.2) is 61.3 Å². The van der Waals surface area contributed by atoms with Gasteiger partial charge in [0.2, 0.25) is 0 Å². The molecule has 1 nitrogen and oxygen atoms in total. The normalized spacial score (nSPS) is 18.8. The van der Waals surface area contributed by atoms with E-state index < -0.39 is 0 Å². The molecule has 1 aromatic carbocycles. The molecular weight excluding hydrogens is 218 g/mol. The van der Waals surface area contributed by atoms with Crippen LogP contribution in [-0.4, -0.2) is 6.04 Å². The van der Waals surface area contributed by atoms with Crippen LogP contribution in [0.1, 0.15) is 6.42 Å². The highest BCUT2D eigenvalue weighted by atomic mass is 35.5. The van der Waals surface area contributed by atoms with Crippen molar-refractivity contribution in [2.75, 3.05) is 4.90 Å². The van der Waals surface area contributed by atoms with Crippen molar-refractivity contribution in [1.29, 1.82) is 0 Å². The molecule has 0 saturated carbocycles. The fourth-order valence-corrected chi connectivity index (χ4v) is 1.92. The van der Waals surface area contributed by atoms with E-state index >= 15 is 0 Å². The molecule has 16 heavy (non-hydrogen) atoms. The number of hydrogen-bond acceptors (Lipinski definition) is 1. The molecular formula is C14H14ClN. The van der Waals surface area contributed by atoms with Crippen molar-refractivity contribution in [3.05, 3.63) is 66.4 Å². The van der Waals surface area contributed by atoms with Gasteiger partial charge in [-0.05, 0) is 36.8 Å². The molecule has 0 amide bonds. The second-order valence-corrected chi connectivity index (χ2v) is 4.14. The molecule has 2 heteroatoms. The summed E-state index contributed by atoms with van der Waals surface area (Å²) in [6.45, 7) is 3.79. The Balaban J connectivity index is 2.24. The maximum atomic E-state index is 5.88. The minimum absolute atomic E-state index is 0.351. The van der Waals surface area contributed by atoms with E-state index in [0.717, 1.165) is 17.1 Å². The molecule has 0 aromatic heterocycles. The van der Waals surface area contributed by atoms with E-state index in [2.05, 4.69) is 29.8 Å². The number of allylic oxidation sites excluding steroid dienone is 2. The van der Waals surface area contributed by atoms with E-state index in [1.807, 2.05) is 36.4 Å². The van der Waals surface area contributed by atoms with Crippen molar-refractivity contribution < 1.29 is 0 Å². The van der Waals surface area contributed by atoms with Gasteiger partial charge < -0.3 is 4.90 Å². The Labute approximate surface area is 101 Å². The van der Waals surface area contributed by atoms with Gasteiger partial charge in [-0.1, -0.05) is 29.8 Å². The number of hydrogen-bond donors (Lipinski definition) is 0. The Morgan fingerprint density at radius 3 is 2.69 bits per heavy atom. The van der Waals surface area contributed by atoms with Crippen LogP contribution in [0.25, 0.3) is 0 Å². The zero-order valence-corrected chi connectivity index (χ0v) is 9.77. The summed E-state index contributed by atoms with van der Waals surface area (Å²) >= 11 is 5.88. The third-order valence-electron chi connectivity index (χ3n) is 2.58.